The quantitative estimate of drug-likeness (QED) is 0.666. The van der Waals surface area contributed by atoms with Gasteiger partial charge in [0.2, 0.25) is 0 Å². The summed E-state index contributed by atoms with van der Waals surface area (Å²) in [6.45, 7) is 1.63. The molecule has 4 heteroatoms. The van der Waals surface area contributed by atoms with Gasteiger partial charge in [0.05, 0.1) is 13.7 Å². The summed E-state index contributed by atoms with van der Waals surface area (Å²) in [5.74, 6) is 0.861. The number of methoxy groups -OCH3 is 1. The lowest BCUT2D eigenvalue weighted by Crippen LogP contribution is -2.55. The molecular weight excluding hydrogens is 374 g/mol. The van der Waals surface area contributed by atoms with E-state index in [1.54, 1.807) is 7.11 Å². The van der Waals surface area contributed by atoms with Crippen molar-refractivity contribution < 1.29 is 14.3 Å². The highest BCUT2D eigenvalue weighted by Crippen LogP contribution is 2.61. The topological polar surface area (TPSA) is 38.8 Å². The molecule has 0 N–H and O–H groups in total. The minimum Gasteiger partial charge on any atom is -0.497 e. The van der Waals surface area contributed by atoms with Crippen molar-refractivity contribution in [3.8, 4) is 5.75 Å². The lowest BCUT2D eigenvalue weighted by molar-refractivity contribution is -0.107. The summed E-state index contributed by atoms with van der Waals surface area (Å²) in [6.07, 6.45) is 11.9. The number of carbonyl (C=O) groups is 1. The van der Waals surface area contributed by atoms with Crippen LogP contribution in [0.3, 0.4) is 0 Å². The van der Waals surface area contributed by atoms with Gasteiger partial charge < -0.3 is 19.2 Å². The Morgan fingerprint density at radius 2 is 2.00 bits per heavy atom. The molecule has 2 heterocycles. The summed E-state index contributed by atoms with van der Waals surface area (Å²) < 4.78 is 12.1. The van der Waals surface area contributed by atoms with Crippen molar-refractivity contribution in [3.05, 3.63) is 65.2 Å². The van der Waals surface area contributed by atoms with Crippen molar-refractivity contribution in [2.24, 2.45) is 0 Å². The molecule has 2 aromatic rings. The Morgan fingerprint density at radius 1 is 1.13 bits per heavy atom. The first kappa shape index (κ1) is 19.4. The van der Waals surface area contributed by atoms with Gasteiger partial charge in [0.25, 0.3) is 0 Å². The normalized spacial score (nSPS) is 24.2. The van der Waals surface area contributed by atoms with Crippen LogP contribution < -0.4 is 9.64 Å². The van der Waals surface area contributed by atoms with Gasteiger partial charge in [0.1, 0.15) is 12.0 Å². The van der Waals surface area contributed by atoms with Gasteiger partial charge in [0, 0.05) is 24.1 Å². The number of benzene rings is 2. The highest BCUT2D eigenvalue weighted by molar-refractivity contribution is 5.72. The van der Waals surface area contributed by atoms with Gasteiger partial charge in [-0.15, -0.1) is 0 Å². The fraction of sp³-hybridized carbons (Fsp3) is 0.423. The van der Waals surface area contributed by atoms with E-state index in [2.05, 4.69) is 47.4 Å². The van der Waals surface area contributed by atoms with Gasteiger partial charge in [-0.2, -0.15) is 0 Å². The van der Waals surface area contributed by atoms with Crippen LogP contribution in [0.2, 0.25) is 0 Å². The maximum atomic E-state index is 11.2. The molecule has 4 nitrogen and oxygen atoms in total. The van der Waals surface area contributed by atoms with Gasteiger partial charge in [0.15, 0.2) is 5.72 Å². The Labute approximate surface area is 178 Å². The number of anilines is 1. The largest absolute Gasteiger partial charge is 0.497 e. The maximum absolute atomic E-state index is 11.2. The van der Waals surface area contributed by atoms with E-state index in [0.29, 0.717) is 6.42 Å². The highest BCUT2D eigenvalue weighted by atomic mass is 16.5. The molecular formula is C26H29NO3. The van der Waals surface area contributed by atoms with Crippen LogP contribution in [0.1, 0.15) is 48.8 Å². The average Bonchev–Trinajstić information content (AvgIpc) is 3.31. The van der Waals surface area contributed by atoms with Crippen LogP contribution >= 0.6 is 0 Å². The smallest absolute Gasteiger partial charge is 0.170 e. The first-order valence-corrected chi connectivity index (χ1v) is 11.0. The number of ether oxygens (including phenoxy) is 2. The van der Waals surface area contributed by atoms with Crippen LogP contribution in [0, 0.1) is 0 Å². The Kier molecular flexibility index (Phi) is 4.90. The number of hydrogen-bond acceptors (Lipinski definition) is 4. The average molecular weight is 404 g/mol. The first-order valence-electron chi connectivity index (χ1n) is 11.0. The summed E-state index contributed by atoms with van der Waals surface area (Å²) in [6, 6.07) is 14.7. The molecule has 0 radical (unpaired) electrons. The molecule has 0 amide bonds. The van der Waals surface area contributed by atoms with Crippen molar-refractivity contribution in [1.82, 2.24) is 0 Å². The predicted molar refractivity (Wildman–Crippen MR) is 119 cm³/mol. The molecule has 156 valence electrons. The van der Waals surface area contributed by atoms with Crippen LogP contribution in [-0.2, 0) is 21.4 Å². The zero-order chi connectivity index (χ0) is 20.6. The Hall–Kier alpha value is -2.59. The molecule has 1 saturated heterocycles. The van der Waals surface area contributed by atoms with E-state index < -0.39 is 5.72 Å². The zero-order valence-corrected chi connectivity index (χ0v) is 17.6. The number of rotatable bonds is 5. The third-order valence-electron chi connectivity index (χ3n) is 7.21. The molecule has 1 saturated carbocycles. The Morgan fingerprint density at radius 3 is 2.80 bits per heavy atom. The van der Waals surface area contributed by atoms with E-state index in [1.165, 1.54) is 30.5 Å². The standard InChI is InChI=1S/C26H29NO3/c1-29-22-7-5-6-20(18-22)10-14-26-25(12-3-2-4-13-25)23-19-21(11-16-28)8-9-24(23)27(26)15-17-30-26/h5-10,14,16,18-19H,2-4,11-13,15,17H2,1H3/b14-10+. The number of aldehydes is 1. The molecule has 2 fully saturated rings. The lowest BCUT2D eigenvalue weighted by Gasteiger charge is -2.46. The van der Waals surface area contributed by atoms with Crippen LogP contribution in [-0.4, -0.2) is 32.3 Å². The Bertz CT molecular complexity index is 976. The van der Waals surface area contributed by atoms with Crippen LogP contribution in [0.15, 0.2) is 48.5 Å². The number of nitrogens with zero attached hydrogens (tertiary/aromatic N) is 1. The van der Waals surface area contributed by atoms with Crippen LogP contribution in [0.5, 0.6) is 5.75 Å². The van der Waals surface area contributed by atoms with E-state index in [1.807, 2.05) is 12.1 Å². The fourth-order valence-electron chi connectivity index (χ4n) is 5.89. The van der Waals surface area contributed by atoms with Crippen molar-refractivity contribution >= 4 is 18.0 Å². The molecule has 0 aromatic heterocycles. The molecule has 5 rings (SSSR count). The molecule has 1 unspecified atom stereocenters. The highest BCUT2D eigenvalue weighted by Gasteiger charge is 2.63. The maximum Gasteiger partial charge on any atom is 0.170 e. The number of fused-ring (bicyclic) bond motifs is 5. The van der Waals surface area contributed by atoms with E-state index in [0.717, 1.165) is 49.2 Å². The third-order valence-corrected chi connectivity index (χ3v) is 7.21. The number of carbonyl (C=O) groups excluding carboxylic acids is 1. The molecule has 3 aliphatic rings. The second-order valence-corrected chi connectivity index (χ2v) is 8.67. The summed E-state index contributed by atoms with van der Waals surface area (Å²) in [5.41, 5.74) is 4.34. The van der Waals surface area contributed by atoms with Crippen molar-refractivity contribution in [2.75, 3.05) is 25.2 Å². The fourth-order valence-corrected chi connectivity index (χ4v) is 5.89. The van der Waals surface area contributed by atoms with E-state index in [-0.39, 0.29) is 5.41 Å². The molecule has 2 aliphatic heterocycles. The van der Waals surface area contributed by atoms with E-state index in [9.17, 15) is 4.79 Å². The number of hydrogen-bond donors (Lipinski definition) is 0. The summed E-state index contributed by atoms with van der Waals surface area (Å²) in [5, 5.41) is 0. The van der Waals surface area contributed by atoms with Gasteiger partial charge in [-0.3, -0.25) is 0 Å². The second kappa shape index (κ2) is 7.59. The van der Waals surface area contributed by atoms with Crippen LogP contribution in [0.4, 0.5) is 5.69 Å². The zero-order valence-electron chi connectivity index (χ0n) is 17.6. The van der Waals surface area contributed by atoms with Gasteiger partial charge in [-0.1, -0.05) is 49.6 Å². The third kappa shape index (κ3) is 2.81. The molecule has 30 heavy (non-hydrogen) atoms. The first-order chi connectivity index (χ1) is 14.7. The SMILES string of the molecule is COc1cccc(/C=C/C23OCCN2c2ccc(CC=O)cc2C32CCCCC2)c1. The lowest BCUT2D eigenvalue weighted by atomic mass is 9.64. The molecule has 1 spiro atoms. The summed E-state index contributed by atoms with van der Waals surface area (Å²) in [4.78, 5) is 13.6. The monoisotopic (exact) mass is 403 g/mol. The molecule has 1 aliphatic carbocycles. The minimum absolute atomic E-state index is 0.0641. The summed E-state index contributed by atoms with van der Waals surface area (Å²) >= 11 is 0. The van der Waals surface area contributed by atoms with Crippen LogP contribution in [0.25, 0.3) is 6.08 Å². The Balaban J connectivity index is 1.63. The van der Waals surface area contributed by atoms with Crippen molar-refractivity contribution in [2.45, 2.75) is 49.7 Å². The summed E-state index contributed by atoms with van der Waals surface area (Å²) in [7, 11) is 1.70. The molecule has 1 atom stereocenters. The van der Waals surface area contributed by atoms with Crippen molar-refractivity contribution in [3.63, 3.8) is 0 Å². The van der Waals surface area contributed by atoms with Gasteiger partial charge in [-0.25, -0.2) is 0 Å². The van der Waals surface area contributed by atoms with Gasteiger partial charge in [-0.05, 0) is 53.8 Å². The second-order valence-electron chi connectivity index (χ2n) is 8.67. The van der Waals surface area contributed by atoms with E-state index in [4.69, 9.17) is 9.47 Å². The molecule has 2 aromatic carbocycles. The molecule has 0 bridgehead atoms. The van der Waals surface area contributed by atoms with E-state index >= 15 is 0 Å². The minimum atomic E-state index is -0.460. The predicted octanol–water partition coefficient (Wildman–Crippen LogP) is 4.90. The van der Waals surface area contributed by atoms with Gasteiger partial charge >= 0.3 is 0 Å². The van der Waals surface area contributed by atoms with Crippen molar-refractivity contribution in [1.29, 1.82) is 0 Å².